The van der Waals surface area contributed by atoms with E-state index in [1.54, 1.807) is 25.1 Å². The highest BCUT2D eigenvalue weighted by Crippen LogP contribution is 2.29. The number of hydrogen-bond donors (Lipinski definition) is 1. The molecule has 2 heterocycles. The number of rotatable bonds is 5. The molecule has 1 fully saturated rings. The first kappa shape index (κ1) is 18.7. The lowest BCUT2D eigenvalue weighted by Gasteiger charge is -2.22. The summed E-state index contributed by atoms with van der Waals surface area (Å²) in [7, 11) is 0. The predicted octanol–water partition coefficient (Wildman–Crippen LogP) is 3.25. The number of benzene rings is 2. The minimum Gasteiger partial charge on any atom is -0.457 e. The number of nitrogens with one attached hydrogen (secondary N) is 1. The number of ether oxygens (including phenoxy) is 1. The van der Waals surface area contributed by atoms with Gasteiger partial charge >= 0.3 is 12.0 Å². The van der Waals surface area contributed by atoms with E-state index in [1.807, 2.05) is 43.3 Å². The summed E-state index contributed by atoms with van der Waals surface area (Å²) in [6, 6.07) is 15.9. The molecule has 1 atom stereocenters. The molecule has 0 aliphatic carbocycles. The van der Waals surface area contributed by atoms with Crippen LogP contribution in [0.1, 0.15) is 23.8 Å². The normalized spacial score (nSPS) is 18.9. The lowest BCUT2D eigenvalue weighted by Crippen LogP contribution is -2.41. The first-order valence-electron chi connectivity index (χ1n) is 9.21. The molecular weight excluding hydrogens is 372 g/mol. The highest BCUT2D eigenvalue weighted by atomic mass is 16.5. The fraction of sp³-hybridized carbons (Fsp3) is 0.227. The number of aryl methyl sites for hydroxylation is 1. The van der Waals surface area contributed by atoms with Crippen molar-refractivity contribution >= 4 is 28.9 Å². The third-order valence-electron chi connectivity index (χ3n) is 5.04. The van der Waals surface area contributed by atoms with Gasteiger partial charge < -0.3 is 14.5 Å². The van der Waals surface area contributed by atoms with E-state index in [4.69, 9.17) is 9.15 Å². The number of fused-ring (bicyclic) bond motifs is 1. The molecule has 7 heteroatoms. The molecule has 4 rings (SSSR count). The van der Waals surface area contributed by atoms with Crippen molar-refractivity contribution < 1.29 is 23.5 Å². The maximum absolute atomic E-state index is 12.9. The summed E-state index contributed by atoms with van der Waals surface area (Å²) >= 11 is 0. The van der Waals surface area contributed by atoms with Crippen molar-refractivity contribution in [2.24, 2.45) is 0 Å². The van der Waals surface area contributed by atoms with Gasteiger partial charge in [0.1, 0.15) is 30.0 Å². The number of imide groups is 1. The Kier molecular flexibility index (Phi) is 4.58. The Morgan fingerprint density at radius 2 is 1.86 bits per heavy atom. The van der Waals surface area contributed by atoms with Crippen LogP contribution in [0.4, 0.5) is 4.79 Å². The van der Waals surface area contributed by atoms with Crippen molar-refractivity contribution in [2.45, 2.75) is 26.0 Å². The molecule has 29 heavy (non-hydrogen) atoms. The molecule has 7 nitrogen and oxygen atoms in total. The summed E-state index contributed by atoms with van der Waals surface area (Å²) in [6.45, 7) is 3.02. The van der Waals surface area contributed by atoms with Gasteiger partial charge in [0.05, 0.1) is 0 Å². The van der Waals surface area contributed by atoms with Crippen molar-refractivity contribution in [3.63, 3.8) is 0 Å². The second-order valence-corrected chi connectivity index (χ2v) is 7.22. The Morgan fingerprint density at radius 3 is 2.59 bits per heavy atom. The second-order valence-electron chi connectivity index (χ2n) is 7.22. The number of esters is 1. The molecule has 0 saturated carbocycles. The van der Waals surface area contributed by atoms with Crippen molar-refractivity contribution in [3.8, 4) is 0 Å². The monoisotopic (exact) mass is 392 g/mol. The van der Waals surface area contributed by atoms with Gasteiger partial charge in [0, 0.05) is 5.39 Å². The third-order valence-corrected chi connectivity index (χ3v) is 5.04. The summed E-state index contributed by atoms with van der Waals surface area (Å²) in [5, 5.41) is 3.58. The zero-order valence-corrected chi connectivity index (χ0v) is 16.1. The predicted molar refractivity (Wildman–Crippen MR) is 105 cm³/mol. The van der Waals surface area contributed by atoms with E-state index < -0.39 is 30.0 Å². The van der Waals surface area contributed by atoms with Crippen LogP contribution in [0, 0.1) is 6.92 Å². The van der Waals surface area contributed by atoms with Crippen LogP contribution in [0.5, 0.6) is 0 Å². The van der Waals surface area contributed by atoms with Crippen LogP contribution >= 0.6 is 0 Å². The first-order chi connectivity index (χ1) is 13.9. The molecule has 1 aliphatic rings. The molecule has 1 unspecified atom stereocenters. The molecule has 0 bridgehead atoms. The van der Waals surface area contributed by atoms with E-state index in [-0.39, 0.29) is 6.61 Å². The van der Waals surface area contributed by atoms with E-state index in [0.29, 0.717) is 16.9 Å². The van der Waals surface area contributed by atoms with Crippen molar-refractivity contribution in [1.82, 2.24) is 10.2 Å². The summed E-state index contributed by atoms with van der Waals surface area (Å²) in [5.41, 5.74) is 1.17. The van der Waals surface area contributed by atoms with Gasteiger partial charge in [-0.25, -0.2) is 4.79 Å². The van der Waals surface area contributed by atoms with Gasteiger partial charge in [-0.2, -0.15) is 0 Å². The zero-order chi connectivity index (χ0) is 20.6. The van der Waals surface area contributed by atoms with Gasteiger partial charge in [-0.15, -0.1) is 0 Å². The lowest BCUT2D eigenvalue weighted by atomic mass is 9.91. The van der Waals surface area contributed by atoms with Crippen molar-refractivity contribution in [1.29, 1.82) is 0 Å². The maximum Gasteiger partial charge on any atom is 0.326 e. The fourth-order valence-corrected chi connectivity index (χ4v) is 3.36. The first-order valence-corrected chi connectivity index (χ1v) is 9.21. The molecular formula is C22H20N2O5. The number of carbonyl (C=O) groups is 3. The van der Waals surface area contributed by atoms with Gasteiger partial charge in [-0.05, 0) is 31.5 Å². The number of amides is 3. The van der Waals surface area contributed by atoms with Crippen LogP contribution in [0.25, 0.3) is 11.0 Å². The van der Waals surface area contributed by atoms with Gasteiger partial charge in [0.2, 0.25) is 0 Å². The van der Waals surface area contributed by atoms with Crippen LogP contribution in [-0.4, -0.2) is 29.4 Å². The Balaban J connectivity index is 1.41. The Hall–Kier alpha value is -3.61. The molecule has 3 aromatic rings. The van der Waals surface area contributed by atoms with E-state index in [1.165, 1.54) is 0 Å². The second kappa shape index (κ2) is 7.09. The van der Waals surface area contributed by atoms with Gasteiger partial charge in [-0.3, -0.25) is 14.5 Å². The molecule has 1 aromatic heterocycles. The van der Waals surface area contributed by atoms with Gasteiger partial charge in [0.25, 0.3) is 5.91 Å². The summed E-state index contributed by atoms with van der Waals surface area (Å²) in [6.07, 6.45) is 0. The number of nitrogens with zero attached hydrogens (tertiary/aromatic N) is 1. The van der Waals surface area contributed by atoms with Crippen LogP contribution in [0.15, 0.2) is 59.0 Å². The zero-order valence-electron chi connectivity index (χ0n) is 16.1. The summed E-state index contributed by atoms with van der Waals surface area (Å²) in [5.74, 6) is -0.699. The minimum absolute atomic E-state index is 0.0770. The molecule has 3 amide bonds. The molecule has 148 valence electrons. The van der Waals surface area contributed by atoms with Gasteiger partial charge in [0.15, 0.2) is 0 Å². The number of furan rings is 1. The number of urea groups is 1. The van der Waals surface area contributed by atoms with Crippen molar-refractivity contribution in [2.75, 3.05) is 6.54 Å². The molecule has 1 aliphatic heterocycles. The maximum atomic E-state index is 12.9. The highest BCUT2D eigenvalue weighted by molar-refractivity contribution is 6.08. The summed E-state index contributed by atoms with van der Waals surface area (Å²) in [4.78, 5) is 38.3. The Bertz CT molecular complexity index is 1070. The quantitative estimate of drug-likeness (QED) is 0.532. The van der Waals surface area contributed by atoms with Gasteiger partial charge in [-0.1, -0.05) is 48.0 Å². The van der Waals surface area contributed by atoms with E-state index in [2.05, 4.69) is 5.32 Å². The Morgan fingerprint density at radius 1 is 1.14 bits per heavy atom. The lowest BCUT2D eigenvalue weighted by molar-refractivity contribution is -0.149. The molecule has 0 spiro atoms. The van der Waals surface area contributed by atoms with Crippen LogP contribution in [0.2, 0.25) is 0 Å². The average molecular weight is 392 g/mol. The molecule has 2 aromatic carbocycles. The number of hydrogen-bond acceptors (Lipinski definition) is 5. The molecule has 0 radical (unpaired) electrons. The largest absolute Gasteiger partial charge is 0.457 e. The number of para-hydroxylation sites is 1. The van der Waals surface area contributed by atoms with Crippen LogP contribution in [0.3, 0.4) is 0 Å². The fourth-order valence-electron chi connectivity index (χ4n) is 3.36. The van der Waals surface area contributed by atoms with E-state index >= 15 is 0 Å². The van der Waals surface area contributed by atoms with E-state index in [0.717, 1.165) is 15.8 Å². The molecule has 1 saturated heterocycles. The minimum atomic E-state index is -1.22. The summed E-state index contributed by atoms with van der Waals surface area (Å²) < 4.78 is 10.8. The standard InChI is InChI=1S/C22H20N2O5/c1-14-7-9-16(10-8-14)22(2)20(26)24(21(27)23-22)12-19(25)28-13-17-11-15-5-3-4-6-18(15)29-17/h3-11H,12-13H2,1-2H3,(H,23,27). The highest BCUT2D eigenvalue weighted by Gasteiger charge is 2.49. The van der Waals surface area contributed by atoms with Crippen LogP contribution in [-0.2, 0) is 26.5 Å². The van der Waals surface area contributed by atoms with Crippen LogP contribution < -0.4 is 5.32 Å². The topological polar surface area (TPSA) is 88.8 Å². The van der Waals surface area contributed by atoms with Crippen molar-refractivity contribution in [3.05, 3.63) is 71.5 Å². The average Bonchev–Trinajstić information content (AvgIpc) is 3.21. The number of carbonyl (C=O) groups excluding carboxylic acids is 3. The third kappa shape index (κ3) is 3.47. The van der Waals surface area contributed by atoms with E-state index in [9.17, 15) is 14.4 Å². The molecule has 1 N–H and O–H groups in total. The SMILES string of the molecule is Cc1ccc(C2(C)NC(=O)N(CC(=O)OCc3cc4ccccc4o3)C2=O)cc1. The smallest absolute Gasteiger partial charge is 0.326 e. The Labute approximate surface area is 167 Å².